The molecule has 0 spiro atoms. The number of benzene rings is 1. The molecular weight excluding hydrogens is 576 g/mol. The Morgan fingerprint density at radius 1 is 1.11 bits per heavy atom. The highest BCUT2D eigenvalue weighted by Crippen LogP contribution is 2.48. The van der Waals surface area contributed by atoms with Crippen molar-refractivity contribution in [3.8, 4) is 11.5 Å². The predicted molar refractivity (Wildman–Crippen MR) is 168 cm³/mol. The van der Waals surface area contributed by atoms with Gasteiger partial charge in [0.15, 0.2) is 17.3 Å². The molecule has 12 nitrogen and oxygen atoms in total. The third-order valence-corrected chi connectivity index (χ3v) is 9.63. The van der Waals surface area contributed by atoms with Crippen molar-refractivity contribution in [1.82, 2.24) is 24.4 Å². The molecule has 4 atom stereocenters. The number of imidazole rings is 1. The summed E-state index contributed by atoms with van der Waals surface area (Å²) in [4.78, 5) is 28.2. The molecule has 3 heterocycles. The minimum absolute atomic E-state index is 0.0217. The first-order valence-corrected chi connectivity index (χ1v) is 16.0. The highest BCUT2D eigenvalue weighted by Gasteiger charge is 2.55. The van der Waals surface area contributed by atoms with Crippen LogP contribution >= 0.6 is 0 Å². The molecule has 1 aromatic carbocycles. The molecule has 0 radical (unpaired) electrons. The van der Waals surface area contributed by atoms with Gasteiger partial charge in [-0.15, -0.1) is 0 Å². The summed E-state index contributed by atoms with van der Waals surface area (Å²) in [7, 11) is 5.50. The lowest BCUT2D eigenvalue weighted by Crippen LogP contribution is -2.46. The largest absolute Gasteiger partial charge is 0.497 e. The van der Waals surface area contributed by atoms with E-state index >= 15 is 0 Å². The van der Waals surface area contributed by atoms with Gasteiger partial charge in [0.25, 0.3) is 0 Å². The summed E-state index contributed by atoms with van der Waals surface area (Å²) in [5.41, 5.74) is 2.46. The van der Waals surface area contributed by atoms with E-state index in [1.54, 1.807) is 20.5 Å². The Balaban J connectivity index is 1.14. The van der Waals surface area contributed by atoms with E-state index in [0.29, 0.717) is 48.8 Å². The van der Waals surface area contributed by atoms with Gasteiger partial charge in [-0.3, -0.25) is 4.79 Å². The number of carbonyl (C=O) groups excluding carboxylic acids is 1. The van der Waals surface area contributed by atoms with Gasteiger partial charge in [-0.25, -0.2) is 15.0 Å². The fraction of sp³-hybridized carbons (Fsp3) is 0.636. The van der Waals surface area contributed by atoms with Crippen LogP contribution in [0, 0.1) is 11.8 Å². The molecule has 1 N–H and O–H groups in total. The number of hydrogen-bond acceptors (Lipinski definition) is 11. The summed E-state index contributed by atoms with van der Waals surface area (Å²) in [5.74, 6) is 2.27. The number of fused-ring (bicyclic) bond motifs is 2. The van der Waals surface area contributed by atoms with E-state index in [1.807, 2.05) is 45.3 Å². The number of aromatic nitrogens is 4. The van der Waals surface area contributed by atoms with Crippen LogP contribution in [-0.4, -0.2) is 88.8 Å². The molecule has 3 fully saturated rings. The van der Waals surface area contributed by atoms with E-state index in [4.69, 9.17) is 28.7 Å². The lowest BCUT2D eigenvalue weighted by Gasteiger charge is -2.42. The van der Waals surface area contributed by atoms with Crippen molar-refractivity contribution >= 4 is 23.0 Å². The second kappa shape index (κ2) is 13.1. The lowest BCUT2D eigenvalue weighted by molar-refractivity contribution is -0.161. The maximum absolute atomic E-state index is 11.8. The van der Waals surface area contributed by atoms with Crippen LogP contribution in [0.5, 0.6) is 11.5 Å². The van der Waals surface area contributed by atoms with Gasteiger partial charge in [0.05, 0.1) is 39.3 Å². The molecule has 1 saturated heterocycles. The van der Waals surface area contributed by atoms with Crippen LogP contribution in [0.1, 0.15) is 64.5 Å². The minimum Gasteiger partial charge on any atom is -0.497 e. The molecule has 0 amide bonds. The number of anilines is 1. The number of methoxy groups -OCH3 is 2. The number of esters is 1. The first-order chi connectivity index (χ1) is 21.7. The Morgan fingerprint density at radius 3 is 2.67 bits per heavy atom. The predicted octanol–water partition coefficient (Wildman–Crippen LogP) is 4.59. The fourth-order valence-electron chi connectivity index (χ4n) is 7.28. The first kappa shape index (κ1) is 31.5. The Bertz CT molecular complexity index is 1490. The maximum Gasteiger partial charge on any atom is 0.305 e. The second-order valence-electron chi connectivity index (χ2n) is 13.0. The van der Waals surface area contributed by atoms with Crippen molar-refractivity contribution in [1.29, 1.82) is 0 Å². The van der Waals surface area contributed by atoms with Crippen LogP contribution in [0.2, 0.25) is 0 Å². The standard InChI is InChI=1S/C33H46N6O6/c1-7-43-27(40)11-8-20-12-23(13-20)38(4)17-22-14-25(30-29(22)44-33(2,3)45-30)39-19-37-28-31(35-18-36-32(28)39)34-16-21-9-10-24(41-5)15-26(21)42-6/h9-10,15,18-20,22-23,25,29-30H,7-8,11-14,16-17H2,1-6H3,(H,34,35,36)/t20?,22-,23?,25-,29-,30+/m1/s1. The Morgan fingerprint density at radius 2 is 1.91 bits per heavy atom. The quantitative estimate of drug-likeness (QED) is 0.269. The van der Waals surface area contributed by atoms with Gasteiger partial charge >= 0.3 is 5.97 Å². The minimum atomic E-state index is -0.658. The fourth-order valence-corrected chi connectivity index (χ4v) is 7.28. The summed E-state index contributed by atoms with van der Waals surface area (Å²) in [6.45, 7) is 7.71. The molecule has 0 bridgehead atoms. The number of carbonyl (C=O) groups is 1. The van der Waals surface area contributed by atoms with Crippen LogP contribution in [0.15, 0.2) is 30.9 Å². The summed E-state index contributed by atoms with van der Waals surface area (Å²) in [6, 6.07) is 6.30. The van der Waals surface area contributed by atoms with E-state index < -0.39 is 5.79 Å². The van der Waals surface area contributed by atoms with Crippen molar-refractivity contribution in [2.75, 3.05) is 39.7 Å². The van der Waals surface area contributed by atoms with E-state index in [2.05, 4.69) is 31.8 Å². The topological polar surface area (TPSA) is 122 Å². The summed E-state index contributed by atoms with van der Waals surface area (Å²) in [5, 5.41) is 3.43. The van der Waals surface area contributed by atoms with Crippen molar-refractivity contribution in [3.05, 3.63) is 36.4 Å². The third kappa shape index (κ3) is 6.59. The Kier molecular flexibility index (Phi) is 9.17. The van der Waals surface area contributed by atoms with Gasteiger partial charge in [0.2, 0.25) is 0 Å². The molecule has 3 aliphatic rings. The molecule has 2 aromatic heterocycles. The Labute approximate surface area is 264 Å². The number of ether oxygens (including phenoxy) is 5. The molecule has 45 heavy (non-hydrogen) atoms. The molecule has 3 aromatic rings. The number of nitrogens with zero attached hydrogens (tertiary/aromatic N) is 5. The van der Waals surface area contributed by atoms with Crippen LogP contribution in [-0.2, 0) is 25.5 Å². The zero-order valence-electron chi connectivity index (χ0n) is 27.2. The van der Waals surface area contributed by atoms with E-state index in [1.165, 1.54) is 0 Å². The molecule has 2 aliphatic carbocycles. The van der Waals surface area contributed by atoms with Crippen molar-refractivity contribution in [2.24, 2.45) is 11.8 Å². The van der Waals surface area contributed by atoms with Crippen molar-refractivity contribution in [2.45, 2.75) is 89.5 Å². The SMILES string of the molecule is CCOC(=O)CCC1CC(N(C)C[C@H]2C[C@@H](n3cnc4c(NCc5ccc(OC)cc5OC)ncnc43)[C@@H]3OC(C)(C)O[C@H]23)C1. The zero-order chi connectivity index (χ0) is 31.7. The van der Waals surface area contributed by atoms with Crippen molar-refractivity contribution < 1.29 is 28.5 Å². The van der Waals surface area contributed by atoms with Gasteiger partial charge in [0, 0.05) is 43.1 Å². The molecule has 2 saturated carbocycles. The third-order valence-electron chi connectivity index (χ3n) is 9.63. The molecular formula is C33H46N6O6. The first-order valence-electron chi connectivity index (χ1n) is 16.0. The number of hydrogen-bond donors (Lipinski definition) is 1. The van der Waals surface area contributed by atoms with E-state index in [9.17, 15) is 4.79 Å². The smallest absolute Gasteiger partial charge is 0.305 e. The molecule has 12 heteroatoms. The van der Waals surface area contributed by atoms with Crippen molar-refractivity contribution in [3.63, 3.8) is 0 Å². The highest BCUT2D eigenvalue weighted by atomic mass is 16.8. The van der Waals surface area contributed by atoms with Gasteiger partial charge in [0.1, 0.15) is 29.4 Å². The summed E-state index contributed by atoms with van der Waals surface area (Å²) >= 11 is 0. The van der Waals surface area contributed by atoms with E-state index in [-0.39, 0.29) is 24.2 Å². The maximum atomic E-state index is 11.8. The monoisotopic (exact) mass is 622 g/mol. The Hall–Kier alpha value is -3.48. The number of rotatable bonds is 13. The number of nitrogens with one attached hydrogen (secondary N) is 1. The van der Waals surface area contributed by atoms with Crippen LogP contribution in [0.4, 0.5) is 5.82 Å². The average Bonchev–Trinajstić information content (AvgIpc) is 3.66. The van der Waals surface area contributed by atoms with Crippen LogP contribution in [0.25, 0.3) is 11.2 Å². The molecule has 6 rings (SSSR count). The normalized spacial score (nSPS) is 26.9. The van der Waals surface area contributed by atoms with Gasteiger partial charge in [-0.2, -0.15) is 0 Å². The molecule has 244 valence electrons. The van der Waals surface area contributed by atoms with Crippen LogP contribution < -0.4 is 14.8 Å². The van der Waals surface area contributed by atoms with Crippen LogP contribution in [0.3, 0.4) is 0 Å². The molecule has 1 aliphatic heterocycles. The van der Waals surface area contributed by atoms with E-state index in [0.717, 1.165) is 54.9 Å². The lowest BCUT2D eigenvalue weighted by atomic mass is 9.76. The van der Waals surface area contributed by atoms with Gasteiger partial charge in [-0.05, 0) is 71.6 Å². The molecule has 0 unspecified atom stereocenters. The average molecular weight is 623 g/mol. The van der Waals surface area contributed by atoms with Gasteiger partial charge in [-0.1, -0.05) is 0 Å². The highest BCUT2D eigenvalue weighted by molar-refractivity contribution is 5.82. The summed E-state index contributed by atoms with van der Waals surface area (Å²) < 4.78 is 31.2. The second-order valence-corrected chi connectivity index (χ2v) is 13.0. The summed E-state index contributed by atoms with van der Waals surface area (Å²) in [6.07, 6.45) is 7.86. The van der Waals surface area contributed by atoms with Gasteiger partial charge < -0.3 is 38.5 Å². The zero-order valence-corrected chi connectivity index (χ0v) is 27.2.